The molecule has 2 aliphatic rings. The van der Waals surface area contributed by atoms with Gasteiger partial charge >= 0.3 is 0 Å². The van der Waals surface area contributed by atoms with Crippen molar-refractivity contribution in [2.75, 3.05) is 5.73 Å². The van der Waals surface area contributed by atoms with E-state index in [9.17, 15) is 4.79 Å². The van der Waals surface area contributed by atoms with Crippen LogP contribution in [0.3, 0.4) is 0 Å². The number of nitrogens with zero attached hydrogens (tertiary/aromatic N) is 1. The molecule has 4 unspecified atom stereocenters. The molecule has 0 spiro atoms. The zero-order valence-corrected chi connectivity index (χ0v) is 12.4. The Morgan fingerprint density at radius 3 is 2.95 bits per heavy atom. The number of pyridine rings is 1. The van der Waals surface area contributed by atoms with Crippen LogP contribution in [0, 0.1) is 17.8 Å². The van der Waals surface area contributed by atoms with Crippen LogP contribution in [0.4, 0.5) is 5.82 Å². The summed E-state index contributed by atoms with van der Waals surface area (Å²) in [4.78, 5) is 16.2. The van der Waals surface area contributed by atoms with Gasteiger partial charge in [-0.25, -0.2) is 4.98 Å². The van der Waals surface area contributed by atoms with Gasteiger partial charge in [0.25, 0.3) is 5.91 Å². The Morgan fingerprint density at radius 2 is 2.30 bits per heavy atom. The maximum atomic E-state index is 12.3. The van der Waals surface area contributed by atoms with Gasteiger partial charge in [0.15, 0.2) is 0 Å². The summed E-state index contributed by atoms with van der Waals surface area (Å²) in [5, 5.41) is 3.43. The van der Waals surface area contributed by atoms with E-state index in [1.165, 1.54) is 37.9 Å². The third-order valence-corrected chi connectivity index (χ3v) is 5.22. The third kappa shape index (κ3) is 2.49. The topological polar surface area (TPSA) is 68.0 Å². The third-order valence-electron chi connectivity index (χ3n) is 4.91. The number of hydrogen-bond acceptors (Lipinski definition) is 3. The summed E-state index contributed by atoms with van der Waals surface area (Å²) in [6.07, 6.45) is 6.70. The second-order valence-electron chi connectivity index (χ2n) is 6.19. The summed E-state index contributed by atoms with van der Waals surface area (Å²) in [5.74, 6) is 2.43. The Hall–Kier alpha value is -1.29. The Labute approximate surface area is 124 Å². The molecule has 1 amide bonds. The van der Waals surface area contributed by atoms with Crippen LogP contribution in [0.5, 0.6) is 0 Å². The van der Waals surface area contributed by atoms with Gasteiger partial charge in [0.05, 0.1) is 10.6 Å². The normalized spacial score (nSPS) is 29.4. The number of aromatic nitrogens is 1. The summed E-state index contributed by atoms with van der Waals surface area (Å²) >= 11 is 6.02. The van der Waals surface area contributed by atoms with Crippen LogP contribution in [0.1, 0.15) is 43.0 Å². The van der Waals surface area contributed by atoms with Crippen molar-refractivity contribution in [2.45, 2.75) is 38.6 Å². The largest absolute Gasteiger partial charge is 0.384 e. The first-order valence-electron chi connectivity index (χ1n) is 7.26. The van der Waals surface area contributed by atoms with E-state index in [0.29, 0.717) is 22.3 Å². The number of fused-ring (bicyclic) bond motifs is 2. The number of rotatable bonds is 3. The lowest BCUT2D eigenvalue weighted by molar-refractivity contribution is 0.0915. The van der Waals surface area contributed by atoms with E-state index in [-0.39, 0.29) is 11.9 Å². The summed E-state index contributed by atoms with van der Waals surface area (Å²) in [7, 11) is 0. The summed E-state index contributed by atoms with van der Waals surface area (Å²) in [5.41, 5.74) is 6.03. The molecular formula is C15H20ClN3O. The van der Waals surface area contributed by atoms with Gasteiger partial charge in [-0.3, -0.25) is 4.79 Å². The number of amides is 1. The molecule has 1 heterocycles. The first-order valence-corrected chi connectivity index (χ1v) is 7.64. The molecule has 108 valence electrons. The van der Waals surface area contributed by atoms with Crippen LogP contribution < -0.4 is 11.1 Å². The van der Waals surface area contributed by atoms with Gasteiger partial charge in [-0.1, -0.05) is 18.0 Å². The monoisotopic (exact) mass is 293 g/mol. The van der Waals surface area contributed by atoms with E-state index in [4.69, 9.17) is 17.3 Å². The molecule has 0 saturated heterocycles. The number of carbonyl (C=O) groups excluding carboxylic acids is 1. The number of nitrogens with one attached hydrogen (secondary N) is 1. The number of nitrogen functional groups attached to an aromatic ring is 1. The van der Waals surface area contributed by atoms with E-state index >= 15 is 0 Å². The first-order chi connectivity index (χ1) is 9.54. The zero-order valence-electron chi connectivity index (χ0n) is 11.6. The lowest BCUT2D eigenvalue weighted by Crippen LogP contribution is -2.40. The van der Waals surface area contributed by atoms with Crippen molar-refractivity contribution >= 4 is 23.3 Å². The number of carbonyl (C=O) groups is 1. The Bertz CT molecular complexity index is 534. The van der Waals surface area contributed by atoms with Crippen molar-refractivity contribution in [3.8, 4) is 0 Å². The maximum absolute atomic E-state index is 12.3. The standard InChI is InChI=1S/C15H20ClN3O/c1-8(11-5-9-2-3-10(11)4-9)19-15(20)12-6-14(17)18-7-13(12)16/h6-11H,2-5H2,1H3,(H2,17,18)(H,19,20). The highest BCUT2D eigenvalue weighted by molar-refractivity contribution is 6.33. The molecule has 4 atom stereocenters. The minimum absolute atomic E-state index is 0.153. The van der Waals surface area contributed by atoms with Crippen molar-refractivity contribution in [3.05, 3.63) is 22.8 Å². The number of anilines is 1. The summed E-state index contributed by atoms with van der Waals surface area (Å²) < 4.78 is 0. The van der Waals surface area contributed by atoms with Crippen LogP contribution in [0.25, 0.3) is 0 Å². The minimum atomic E-state index is -0.153. The quantitative estimate of drug-likeness (QED) is 0.900. The highest BCUT2D eigenvalue weighted by Gasteiger charge is 2.42. The molecule has 2 fully saturated rings. The highest BCUT2D eigenvalue weighted by atomic mass is 35.5. The molecule has 20 heavy (non-hydrogen) atoms. The van der Waals surface area contributed by atoms with Crippen molar-refractivity contribution in [3.63, 3.8) is 0 Å². The smallest absolute Gasteiger partial charge is 0.253 e. The summed E-state index contributed by atoms with van der Waals surface area (Å²) in [6, 6.07) is 1.72. The van der Waals surface area contributed by atoms with E-state index in [1.54, 1.807) is 0 Å². The van der Waals surface area contributed by atoms with E-state index in [1.807, 2.05) is 0 Å². The molecule has 0 aliphatic heterocycles. The van der Waals surface area contributed by atoms with Gasteiger partial charge < -0.3 is 11.1 Å². The second-order valence-corrected chi connectivity index (χ2v) is 6.60. The molecule has 0 aromatic carbocycles. The van der Waals surface area contributed by atoms with Crippen molar-refractivity contribution in [1.29, 1.82) is 0 Å². The van der Waals surface area contributed by atoms with Crippen molar-refractivity contribution in [2.24, 2.45) is 17.8 Å². The Morgan fingerprint density at radius 1 is 1.50 bits per heavy atom. The van der Waals surface area contributed by atoms with Gasteiger partial charge in [-0.15, -0.1) is 0 Å². The fourth-order valence-electron chi connectivity index (χ4n) is 3.93. The number of nitrogens with two attached hydrogens (primary N) is 1. The molecule has 5 heteroatoms. The fourth-order valence-corrected chi connectivity index (χ4v) is 4.12. The van der Waals surface area contributed by atoms with E-state index < -0.39 is 0 Å². The molecule has 2 saturated carbocycles. The van der Waals surface area contributed by atoms with E-state index in [2.05, 4.69) is 17.2 Å². The van der Waals surface area contributed by atoms with Gasteiger partial charge in [0, 0.05) is 12.2 Å². The van der Waals surface area contributed by atoms with Crippen molar-refractivity contribution < 1.29 is 4.79 Å². The minimum Gasteiger partial charge on any atom is -0.384 e. The van der Waals surface area contributed by atoms with Crippen molar-refractivity contribution in [1.82, 2.24) is 10.3 Å². The van der Waals surface area contributed by atoms with Gasteiger partial charge in [-0.05, 0) is 50.0 Å². The molecule has 2 aliphatic carbocycles. The number of halogens is 1. The Balaban J connectivity index is 1.68. The molecule has 1 aromatic rings. The van der Waals surface area contributed by atoms with Gasteiger partial charge in [0.1, 0.15) is 5.82 Å². The van der Waals surface area contributed by atoms with Crippen LogP contribution >= 0.6 is 11.6 Å². The molecule has 3 N–H and O–H groups in total. The van der Waals surface area contributed by atoms with Crippen LogP contribution in [-0.4, -0.2) is 16.9 Å². The van der Waals surface area contributed by atoms with Gasteiger partial charge in [0.2, 0.25) is 0 Å². The maximum Gasteiger partial charge on any atom is 0.253 e. The zero-order chi connectivity index (χ0) is 14.3. The molecule has 3 rings (SSSR count). The predicted octanol–water partition coefficient (Wildman–Crippen LogP) is 2.87. The highest BCUT2D eigenvalue weighted by Crippen LogP contribution is 2.49. The number of hydrogen-bond donors (Lipinski definition) is 2. The predicted molar refractivity (Wildman–Crippen MR) is 79.5 cm³/mol. The average Bonchev–Trinajstić information content (AvgIpc) is 3.03. The lowest BCUT2D eigenvalue weighted by Gasteiger charge is -2.28. The molecule has 1 aromatic heterocycles. The van der Waals surface area contributed by atoms with E-state index in [0.717, 1.165) is 11.8 Å². The van der Waals surface area contributed by atoms with Crippen LogP contribution in [-0.2, 0) is 0 Å². The Kier molecular flexibility index (Phi) is 3.59. The average molecular weight is 294 g/mol. The first kappa shape index (κ1) is 13.7. The summed E-state index contributed by atoms with van der Waals surface area (Å²) in [6.45, 7) is 2.10. The lowest BCUT2D eigenvalue weighted by atomic mass is 9.84. The molecule has 4 nitrogen and oxygen atoms in total. The van der Waals surface area contributed by atoms with Gasteiger partial charge in [-0.2, -0.15) is 0 Å². The van der Waals surface area contributed by atoms with Crippen LogP contribution in [0.15, 0.2) is 12.3 Å². The molecular weight excluding hydrogens is 274 g/mol. The fraction of sp³-hybridized carbons (Fsp3) is 0.600. The van der Waals surface area contributed by atoms with Crippen LogP contribution in [0.2, 0.25) is 5.02 Å². The molecule has 0 radical (unpaired) electrons. The molecule has 2 bridgehead atoms. The SMILES string of the molecule is CC(NC(=O)c1cc(N)ncc1Cl)C1CC2CCC1C2. The second kappa shape index (κ2) is 5.24.